The summed E-state index contributed by atoms with van der Waals surface area (Å²) in [6.07, 6.45) is 14.2. The summed E-state index contributed by atoms with van der Waals surface area (Å²) in [4.78, 5) is 10.7. The van der Waals surface area contributed by atoms with Crippen LogP contribution in [0.2, 0.25) is 0 Å². The van der Waals surface area contributed by atoms with Crippen molar-refractivity contribution in [3.8, 4) is 27.9 Å². The lowest BCUT2D eigenvalue weighted by molar-refractivity contribution is 0.458. The molecule has 0 aliphatic carbocycles. The average Bonchev–Trinajstić information content (AvgIpc) is 4.31. The van der Waals surface area contributed by atoms with Crippen LogP contribution in [0.3, 0.4) is 0 Å². The van der Waals surface area contributed by atoms with Crippen molar-refractivity contribution in [2.24, 2.45) is 0 Å². The minimum atomic E-state index is 0.0915. The highest BCUT2D eigenvalue weighted by Crippen LogP contribution is 2.45. The number of benzene rings is 7. The van der Waals surface area contributed by atoms with E-state index in [9.17, 15) is 0 Å². The first kappa shape index (κ1) is 52.9. The smallest absolute Gasteiger partial charge is 0.279 e. The second kappa shape index (κ2) is 22.6. The second-order valence-electron chi connectivity index (χ2n) is 22.8. The SMILES string of the molecule is CCCCC(C)(C)c1ccc(N(c2ccccc2)c2ccc(-c3c4nn(-c5ccncc5)nc4c(-c4ccc(N(c5ccc(C(C)(C)CCCC)cc5)c5ccc(C(C)(C)CCCC)cc5)cc4)c4n[s+][n-]c34)cc2)cc1. The molecule has 0 bridgehead atoms. The van der Waals surface area contributed by atoms with Crippen molar-refractivity contribution in [3.63, 3.8) is 0 Å². The zero-order chi connectivity index (χ0) is 53.7. The molecule has 0 saturated heterocycles. The number of para-hydroxylation sites is 1. The van der Waals surface area contributed by atoms with Gasteiger partial charge in [-0.15, -0.1) is 10.2 Å². The molecule has 10 rings (SSSR count). The number of fused-ring (bicyclic) bond motifs is 2. The van der Waals surface area contributed by atoms with E-state index in [4.69, 9.17) is 18.9 Å². The molecular formula is C68H74N8S. The first-order valence-electron chi connectivity index (χ1n) is 27.9. The molecule has 0 N–H and O–H groups in total. The first-order chi connectivity index (χ1) is 37.3. The predicted molar refractivity (Wildman–Crippen MR) is 325 cm³/mol. The van der Waals surface area contributed by atoms with Crippen molar-refractivity contribution in [2.45, 2.75) is 136 Å². The van der Waals surface area contributed by atoms with Crippen molar-refractivity contribution in [1.82, 2.24) is 28.7 Å². The highest BCUT2D eigenvalue weighted by atomic mass is 32.1. The number of aromatic nitrogens is 6. The maximum Gasteiger partial charge on any atom is 0.279 e. The molecule has 0 radical (unpaired) electrons. The van der Waals surface area contributed by atoms with Crippen LogP contribution in [-0.4, -0.2) is 24.4 Å². The van der Waals surface area contributed by atoms with Crippen LogP contribution in [0.5, 0.6) is 0 Å². The number of pyridine rings is 1. The first-order valence-corrected chi connectivity index (χ1v) is 28.7. The van der Waals surface area contributed by atoms with Gasteiger partial charge < -0.3 is 9.80 Å². The van der Waals surface area contributed by atoms with E-state index in [1.54, 1.807) is 17.2 Å². The van der Waals surface area contributed by atoms with Gasteiger partial charge in [-0.25, -0.2) is 0 Å². The van der Waals surface area contributed by atoms with Crippen LogP contribution in [0.25, 0.3) is 50.0 Å². The number of hydrogen-bond acceptors (Lipinski definition) is 6. The van der Waals surface area contributed by atoms with Gasteiger partial charge in [0.1, 0.15) is 11.0 Å². The monoisotopic (exact) mass is 1030 g/mol. The molecule has 77 heavy (non-hydrogen) atoms. The molecule has 0 aliphatic rings. The third-order valence-electron chi connectivity index (χ3n) is 16.0. The predicted octanol–water partition coefficient (Wildman–Crippen LogP) is 19.3. The number of anilines is 6. The summed E-state index contributed by atoms with van der Waals surface area (Å²) < 4.78 is 10.1. The van der Waals surface area contributed by atoms with E-state index < -0.39 is 0 Å². The Hall–Kier alpha value is -7.49. The summed E-state index contributed by atoms with van der Waals surface area (Å²) in [5, 5.41) is 10.6. The fourth-order valence-corrected chi connectivity index (χ4v) is 11.6. The largest absolute Gasteiger partial charge is 0.311 e. The van der Waals surface area contributed by atoms with Crippen LogP contribution >= 0.6 is 11.7 Å². The Morgan fingerprint density at radius 1 is 0.429 bits per heavy atom. The molecule has 392 valence electrons. The lowest BCUT2D eigenvalue weighted by Crippen LogP contribution is -2.18. The lowest BCUT2D eigenvalue weighted by atomic mass is 9.80. The molecule has 0 unspecified atom stereocenters. The molecule has 10 aromatic rings. The highest BCUT2D eigenvalue weighted by molar-refractivity contribution is 7.00. The number of nitrogens with zero attached hydrogens (tertiary/aromatic N) is 8. The fourth-order valence-electron chi connectivity index (χ4n) is 11.0. The maximum absolute atomic E-state index is 5.28. The average molecular weight is 1040 g/mol. The van der Waals surface area contributed by atoms with Crippen molar-refractivity contribution < 1.29 is 0 Å². The number of unbranched alkanes of at least 4 members (excludes halogenated alkanes) is 3. The van der Waals surface area contributed by atoms with E-state index in [1.807, 2.05) is 12.1 Å². The molecule has 7 aromatic carbocycles. The van der Waals surface area contributed by atoms with Crippen molar-refractivity contribution in [2.75, 3.05) is 9.80 Å². The Bertz CT molecular complexity index is 3460. The molecule has 0 fully saturated rings. The standard InChI is InChI=1S/C68H74N8S/c1-10-13-43-66(4,5)50-25-35-56(36-26-50)74(53-19-17-16-18-20-53)54-31-21-48(22-32-54)60-62-63(71-76(70-62)59-41-46-69-47-42-59)61(65-64(60)72-77-73-65)49-23-33-55(34-24-49)75(57-37-27-51(28-38-57)67(6,7)44-14-11-2)58-39-29-52(30-40-58)68(8,9)45-15-12-3/h16-42,46-47H,10-15,43-45H2,1-9H3. The molecular weight excluding hydrogens is 961 g/mol. The van der Waals surface area contributed by atoms with Gasteiger partial charge in [0.25, 0.3) is 11.7 Å². The van der Waals surface area contributed by atoms with Gasteiger partial charge in [-0.05, 0) is 148 Å². The molecule has 3 aromatic heterocycles. The van der Waals surface area contributed by atoms with Crippen molar-refractivity contribution >= 4 is 67.9 Å². The minimum absolute atomic E-state index is 0.0915. The Kier molecular flexibility index (Phi) is 15.5. The van der Waals surface area contributed by atoms with Crippen LogP contribution < -0.4 is 14.2 Å². The minimum Gasteiger partial charge on any atom is -0.311 e. The van der Waals surface area contributed by atoms with Gasteiger partial charge in [-0.2, -0.15) is 13.5 Å². The van der Waals surface area contributed by atoms with Crippen LogP contribution in [0.15, 0.2) is 176 Å². The lowest BCUT2D eigenvalue weighted by Gasteiger charge is -2.30. The number of rotatable bonds is 21. The zero-order valence-electron chi connectivity index (χ0n) is 46.6. The Balaban J connectivity index is 1.06. The summed E-state index contributed by atoms with van der Waals surface area (Å²) in [5.41, 5.74) is 18.6. The normalized spacial score (nSPS) is 12.2. The van der Waals surface area contributed by atoms with Gasteiger partial charge in [0.15, 0.2) is 0 Å². The third-order valence-corrected chi connectivity index (χ3v) is 16.5. The van der Waals surface area contributed by atoms with Crippen molar-refractivity contribution in [1.29, 1.82) is 0 Å². The molecule has 0 spiro atoms. The van der Waals surface area contributed by atoms with Crippen LogP contribution in [0, 0.1) is 0 Å². The molecule has 0 atom stereocenters. The van der Waals surface area contributed by atoms with E-state index in [0.717, 1.165) is 103 Å². The fraction of sp³-hybridized carbons (Fsp3) is 0.309. The quantitative estimate of drug-likeness (QED) is 0.0664. The second-order valence-corrected chi connectivity index (χ2v) is 23.3. The Morgan fingerprint density at radius 3 is 1.19 bits per heavy atom. The molecule has 0 amide bonds. The molecule has 3 heterocycles. The van der Waals surface area contributed by atoms with Crippen molar-refractivity contribution in [3.05, 3.63) is 193 Å². The van der Waals surface area contributed by atoms with Crippen LogP contribution in [0.4, 0.5) is 34.1 Å². The Labute approximate surface area is 461 Å². The van der Waals surface area contributed by atoms with Gasteiger partial charge in [-0.3, -0.25) is 4.98 Å². The zero-order valence-corrected chi connectivity index (χ0v) is 47.4. The van der Waals surface area contributed by atoms with Gasteiger partial charge in [0.2, 0.25) is 0 Å². The summed E-state index contributed by atoms with van der Waals surface area (Å²) >= 11 is 1.22. The van der Waals surface area contributed by atoms with Crippen LogP contribution in [-0.2, 0) is 16.2 Å². The summed E-state index contributed by atoms with van der Waals surface area (Å²) in [6, 6.07) is 59.7. The molecule has 8 nitrogen and oxygen atoms in total. The van der Waals surface area contributed by atoms with Gasteiger partial charge >= 0.3 is 0 Å². The van der Waals surface area contributed by atoms with E-state index in [-0.39, 0.29) is 16.2 Å². The molecule has 0 saturated carbocycles. The third kappa shape index (κ3) is 11.1. The van der Waals surface area contributed by atoms with Gasteiger partial charge in [0.05, 0.1) is 5.69 Å². The van der Waals surface area contributed by atoms with E-state index in [0.29, 0.717) is 0 Å². The molecule has 9 heteroatoms. The molecule has 0 aliphatic heterocycles. The summed E-state index contributed by atoms with van der Waals surface area (Å²) in [7, 11) is 0. The summed E-state index contributed by atoms with van der Waals surface area (Å²) in [6.45, 7) is 21.0. The topological polar surface area (TPSA) is 77.1 Å². The highest BCUT2D eigenvalue weighted by Gasteiger charge is 2.27. The Morgan fingerprint density at radius 2 is 0.792 bits per heavy atom. The van der Waals surface area contributed by atoms with Gasteiger partial charge in [-0.1, -0.05) is 180 Å². The van der Waals surface area contributed by atoms with E-state index >= 15 is 0 Å². The van der Waals surface area contributed by atoms with Crippen LogP contribution in [0.1, 0.15) is 137 Å². The van der Waals surface area contributed by atoms with E-state index in [1.165, 1.54) is 66.9 Å². The van der Waals surface area contributed by atoms with E-state index in [2.05, 4.69) is 229 Å². The maximum atomic E-state index is 5.28. The number of hydrogen-bond donors (Lipinski definition) is 0. The van der Waals surface area contributed by atoms with Gasteiger partial charge in [0, 0.05) is 68.7 Å². The summed E-state index contributed by atoms with van der Waals surface area (Å²) in [5.74, 6) is 0.